The highest BCUT2D eigenvalue weighted by molar-refractivity contribution is 6.30. The number of aliphatic carboxylic acids is 1. The Morgan fingerprint density at radius 3 is 2.33 bits per heavy atom. The number of carboxylic acids is 1. The summed E-state index contributed by atoms with van der Waals surface area (Å²) in [4.78, 5) is 37.0. The Morgan fingerprint density at radius 1 is 1.03 bits per heavy atom. The van der Waals surface area contributed by atoms with Crippen LogP contribution in [0.1, 0.15) is 36.3 Å². The van der Waals surface area contributed by atoms with E-state index in [0.717, 1.165) is 37.1 Å². The maximum Gasteiger partial charge on any atom is 0.223 e. The lowest BCUT2D eigenvalue weighted by Gasteiger charge is -2.24. The summed E-state index contributed by atoms with van der Waals surface area (Å²) in [5.41, 5.74) is 1.64. The largest absolute Gasteiger partial charge is 0.548 e. The Labute approximate surface area is 198 Å². The lowest BCUT2D eigenvalue weighted by atomic mass is 9.93. The second kappa shape index (κ2) is 12.4. The summed E-state index contributed by atoms with van der Waals surface area (Å²) in [5.74, 6) is -2.08. The smallest absolute Gasteiger partial charge is 0.223 e. The summed E-state index contributed by atoms with van der Waals surface area (Å²) < 4.78 is 0. The van der Waals surface area contributed by atoms with E-state index in [2.05, 4.69) is 16.0 Å². The van der Waals surface area contributed by atoms with Crippen molar-refractivity contribution >= 4 is 29.4 Å². The first-order valence-corrected chi connectivity index (χ1v) is 11.7. The lowest BCUT2D eigenvalue weighted by molar-refractivity contribution is -0.664. The van der Waals surface area contributed by atoms with Gasteiger partial charge in [-0.15, -0.1) is 0 Å². The van der Waals surface area contributed by atoms with Gasteiger partial charge in [0.2, 0.25) is 11.8 Å². The van der Waals surface area contributed by atoms with Gasteiger partial charge in [-0.2, -0.15) is 0 Å². The van der Waals surface area contributed by atoms with Crippen LogP contribution in [0.25, 0.3) is 0 Å². The molecule has 0 radical (unpaired) electrons. The van der Waals surface area contributed by atoms with E-state index in [1.54, 1.807) is 24.3 Å². The molecule has 0 aliphatic carbocycles. The van der Waals surface area contributed by atoms with Crippen LogP contribution in [0.5, 0.6) is 0 Å². The monoisotopic (exact) mass is 471 g/mol. The van der Waals surface area contributed by atoms with Gasteiger partial charge in [-0.3, -0.25) is 9.59 Å². The minimum Gasteiger partial charge on any atom is -0.548 e. The normalized spacial score (nSPS) is 15.9. The molecule has 33 heavy (non-hydrogen) atoms. The maximum absolute atomic E-state index is 12.8. The molecule has 8 heteroatoms. The van der Waals surface area contributed by atoms with Crippen molar-refractivity contribution in [3.8, 4) is 0 Å². The predicted molar refractivity (Wildman–Crippen MR) is 123 cm³/mol. The van der Waals surface area contributed by atoms with Gasteiger partial charge in [-0.25, -0.2) is 0 Å². The number of rotatable bonds is 10. The highest BCUT2D eigenvalue weighted by atomic mass is 35.5. The van der Waals surface area contributed by atoms with E-state index >= 15 is 0 Å². The van der Waals surface area contributed by atoms with Crippen LogP contribution >= 0.6 is 11.6 Å². The van der Waals surface area contributed by atoms with E-state index in [4.69, 9.17) is 11.6 Å². The first kappa shape index (κ1) is 24.7. The molecule has 176 valence electrons. The van der Waals surface area contributed by atoms with Crippen LogP contribution in [0.3, 0.4) is 0 Å². The molecular formula is C25H30ClN3O4. The van der Waals surface area contributed by atoms with Crippen LogP contribution in [0.2, 0.25) is 5.02 Å². The second-order valence-corrected chi connectivity index (χ2v) is 8.90. The number of halogens is 1. The van der Waals surface area contributed by atoms with Crippen molar-refractivity contribution in [3.05, 3.63) is 70.7 Å². The van der Waals surface area contributed by atoms with Gasteiger partial charge in [-0.1, -0.05) is 54.1 Å². The van der Waals surface area contributed by atoms with Gasteiger partial charge in [0, 0.05) is 42.7 Å². The Balaban J connectivity index is 1.64. The third-order valence-corrected chi connectivity index (χ3v) is 6.26. The van der Waals surface area contributed by atoms with E-state index in [1.807, 2.05) is 30.3 Å². The zero-order valence-corrected chi connectivity index (χ0v) is 19.2. The fraction of sp³-hybridized carbons (Fsp3) is 0.400. The quantitative estimate of drug-likeness (QED) is 0.464. The third kappa shape index (κ3) is 7.87. The molecule has 1 saturated heterocycles. The third-order valence-electron chi connectivity index (χ3n) is 6.01. The Bertz CT molecular complexity index is 930. The Kier molecular flexibility index (Phi) is 9.27. The molecule has 1 fully saturated rings. The topological polar surface area (TPSA) is 115 Å². The highest BCUT2D eigenvalue weighted by Gasteiger charge is 2.25. The van der Waals surface area contributed by atoms with Crippen molar-refractivity contribution in [2.75, 3.05) is 19.6 Å². The number of carboxylic acid groups (broad SMARTS) is 1. The first-order valence-electron chi connectivity index (χ1n) is 11.3. The van der Waals surface area contributed by atoms with Crippen LogP contribution in [0, 0.1) is 5.92 Å². The van der Waals surface area contributed by atoms with Gasteiger partial charge < -0.3 is 25.9 Å². The van der Waals surface area contributed by atoms with Gasteiger partial charge in [-0.05, 0) is 29.7 Å². The van der Waals surface area contributed by atoms with Crippen LogP contribution in [-0.4, -0.2) is 43.5 Å². The van der Waals surface area contributed by atoms with Gasteiger partial charge in [0.15, 0.2) is 0 Å². The van der Waals surface area contributed by atoms with Gasteiger partial charge in [0.25, 0.3) is 0 Å². The summed E-state index contributed by atoms with van der Waals surface area (Å²) in [6.45, 7) is 2.16. The van der Waals surface area contributed by atoms with E-state index in [9.17, 15) is 19.5 Å². The summed E-state index contributed by atoms with van der Waals surface area (Å²) in [6.07, 6.45) is 1.84. The maximum atomic E-state index is 12.8. The number of amides is 2. The number of piperidine rings is 1. The predicted octanol–water partition coefficient (Wildman–Crippen LogP) is 0.381. The van der Waals surface area contributed by atoms with Gasteiger partial charge >= 0.3 is 0 Å². The van der Waals surface area contributed by atoms with E-state index in [1.165, 1.54) is 0 Å². The summed E-state index contributed by atoms with van der Waals surface area (Å²) >= 11 is 6.01. The molecule has 0 unspecified atom stereocenters. The van der Waals surface area contributed by atoms with Crippen molar-refractivity contribution in [2.24, 2.45) is 5.92 Å². The molecule has 4 N–H and O–H groups in total. The number of hydrogen-bond acceptors (Lipinski definition) is 4. The Morgan fingerprint density at radius 2 is 1.70 bits per heavy atom. The molecule has 0 spiro atoms. The molecule has 3 rings (SSSR count). The number of hydrogen-bond donors (Lipinski definition) is 3. The molecule has 1 aliphatic rings. The first-order chi connectivity index (χ1) is 15.9. The average molecular weight is 472 g/mol. The number of nitrogens with two attached hydrogens (primary N) is 1. The average Bonchev–Trinajstić information content (AvgIpc) is 2.83. The number of nitrogens with one attached hydrogen (secondary N) is 2. The van der Waals surface area contributed by atoms with Crippen molar-refractivity contribution in [1.82, 2.24) is 10.6 Å². The lowest BCUT2D eigenvalue weighted by Crippen LogP contribution is -2.86. The molecule has 0 aromatic heterocycles. The molecule has 1 heterocycles. The molecule has 2 aromatic carbocycles. The second-order valence-electron chi connectivity index (χ2n) is 8.47. The van der Waals surface area contributed by atoms with Crippen LogP contribution in [0.15, 0.2) is 54.6 Å². The van der Waals surface area contributed by atoms with Crippen LogP contribution in [-0.2, 0) is 20.8 Å². The van der Waals surface area contributed by atoms with Crippen molar-refractivity contribution in [3.63, 3.8) is 0 Å². The SMILES string of the molecule is O=C(C[C@@H](CNC(=O)C1CC[NH2+]CC1)c1ccc(Cl)cc1)N[C@@H](Cc1ccccc1)C(=O)[O-]. The zero-order valence-electron chi connectivity index (χ0n) is 18.5. The highest BCUT2D eigenvalue weighted by Crippen LogP contribution is 2.22. The fourth-order valence-corrected chi connectivity index (χ4v) is 4.25. The molecule has 1 aliphatic heterocycles. The molecule has 2 atom stereocenters. The number of quaternary nitrogens is 1. The number of benzene rings is 2. The van der Waals surface area contributed by atoms with Crippen molar-refractivity contribution in [2.45, 2.75) is 37.6 Å². The van der Waals surface area contributed by atoms with E-state index in [0.29, 0.717) is 5.02 Å². The molecule has 0 saturated carbocycles. The standard InChI is InChI=1S/C25H30ClN3O4/c26-21-8-6-18(7-9-21)20(16-28-24(31)19-10-12-27-13-11-19)15-23(30)29-22(25(32)33)14-17-4-2-1-3-5-17/h1-9,19-20,22,27H,10-16H2,(H,28,31)(H,29,30)(H,32,33)/t20-,22-/m0/s1. The Hall–Kier alpha value is -2.90. The minimum atomic E-state index is -1.34. The van der Waals surface area contributed by atoms with E-state index in [-0.39, 0.29) is 37.1 Å². The number of carbonyl (C=O) groups is 3. The van der Waals surface area contributed by atoms with Crippen molar-refractivity contribution in [1.29, 1.82) is 0 Å². The van der Waals surface area contributed by atoms with Gasteiger partial charge in [0.05, 0.1) is 25.1 Å². The van der Waals surface area contributed by atoms with Crippen molar-refractivity contribution < 1.29 is 24.8 Å². The molecule has 2 aromatic rings. The van der Waals surface area contributed by atoms with Crippen LogP contribution in [0.4, 0.5) is 0 Å². The molecule has 2 amide bonds. The van der Waals surface area contributed by atoms with Crippen LogP contribution < -0.4 is 21.1 Å². The van der Waals surface area contributed by atoms with Gasteiger partial charge in [0.1, 0.15) is 0 Å². The zero-order chi connectivity index (χ0) is 23.6. The summed E-state index contributed by atoms with van der Waals surface area (Å²) in [5, 5.41) is 20.0. The number of carbonyl (C=O) groups excluding carboxylic acids is 3. The summed E-state index contributed by atoms with van der Waals surface area (Å²) in [7, 11) is 0. The fourth-order valence-electron chi connectivity index (χ4n) is 4.12. The van der Waals surface area contributed by atoms with E-state index < -0.39 is 17.9 Å². The molecule has 7 nitrogen and oxygen atoms in total. The minimum absolute atomic E-state index is 0.000776. The molecular weight excluding hydrogens is 442 g/mol. The molecule has 0 bridgehead atoms. The summed E-state index contributed by atoms with van der Waals surface area (Å²) in [6, 6.07) is 15.0.